The zero-order valence-electron chi connectivity index (χ0n) is 10.9. The minimum absolute atomic E-state index is 0.239. The average molecular weight is 237 g/mol. The van der Waals surface area contributed by atoms with E-state index in [0.717, 1.165) is 38.2 Å². The minimum Gasteiger partial charge on any atom is -0.497 e. The quantitative estimate of drug-likeness (QED) is 0.750. The van der Waals surface area contributed by atoms with E-state index in [1.807, 2.05) is 12.1 Å². The summed E-state index contributed by atoms with van der Waals surface area (Å²) >= 11 is 0. The fourth-order valence-electron chi connectivity index (χ4n) is 1.87. The Morgan fingerprint density at radius 1 is 1.12 bits per heavy atom. The van der Waals surface area contributed by atoms with Crippen molar-refractivity contribution in [2.45, 2.75) is 19.8 Å². The van der Waals surface area contributed by atoms with Gasteiger partial charge in [0.05, 0.1) is 13.7 Å². The number of aliphatic hydroxyl groups excluding tert-OH is 1. The molecule has 0 aromatic heterocycles. The normalized spacial score (nSPS) is 10.8. The van der Waals surface area contributed by atoms with Crippen molar-refractivity contribution in [2.75, 3.05) is 33.4 Å². The highest BCUT2D eigenvalue weighted by Crippen LogP contribution is 2.12. The fourth-order valence-corrected chi connectivity index (χ4v) is 1.87. The Balaban J connectivity index is 2.41. The van der Waals surface area contributed by atoms with E-state index < -0.39 is 0 Å². The summed E-state index contributed by atoms with van der Waals surface area (Å²) in [6.45, 7) is 5.22. The van der Waals surface area contributed by atoms with E-state index in [1.165, 1.54) is 5.56 Å². The van der Waals surface area contributed by atoms with E-state index in [0.29, 0.717) is 0 Å². The summed E-state index contributed by atoms with van der Waals surface area (Å²) in [6, 6.07) is 8.18. The number of aliphatic hydroxyl groups is 1. The van der Waals surface area contributed by atoms with E-state index in [9.17, 15) is 0 Å². The van der Waals surface area contributed by atoms with E-state index in [1.54, 1.807) is 7.11 Å². The third-order valence-electron chi connectivity index (χ3n) is 2.83. The van der Waals surface area contributed by atoms with Crippen molar-refractivity contribution in [1.82, 2.24) is 4.90 Å². The van der Waals surface area contributed by atoms with E-state index in [2.05, 4.69) is 24.0 Å². The Hall–Kier alpha value is -1.06. The molecule has 17 heavy (non-hydrogen) atoms. The third-order valence-corrected chi connectivity index (χ3v) is 2.83. The first-order valence-corrected chi connectivity index (χ1v) is 6.26. The maximum atomic E-state index is 8.97. The van der Waals surface area contributed by atoms with E-state index in [4.69, 9.17) is 9.84 Å². The highest BCUT2D eigenvalue weighted by molar-refractivity contribution is 5.27. The van der Waals surface area contributed by atoms with Gasteiger partial charge in [0.15, 0.2) is 0 Å². The lowest BCUT2D eigenvalue weighted by atomic mass is 10.1. The van der Waals surface area contributed by atoms with Crippen LogP contribution >= 0.6 is 0 Å². The summed E-state index contributed by atoms with van der Waals surface area (Å²) in [5.41, 5.74) is 1.31. The van der Waals surface area contributed by atoms with Crippen molar-refractivity contribution in [1.29, 1.82) is 0 Å². The molecule has 0 spiro atoms. The Labute approximate surface area is 104 Å². The molecule has 0 amide bonds. The molecule has 0 saturated carbocycles. The number of rotatable bonds is 8. The van der Waals surface area contributed by atoms with Gasteiger partial charge in [-0.2, -0.15) is 0 Å². The van der Waals surface area contributed by atoms with Crippen molar-refractivity contribution >= 4 is 0 Å². The van der Waals surface area contributed by atoms with Gasteiger partial charge < -0.3 is 14.7 Å². The predicted molar refractivity (Wildman–Crippen MR) is 70.5 cm³/mol. The van der Waals surface area contributed by atoms with Crippen LogP contribution in [0.2, 0.25) is 0 Å². The van der Waals surface area contributed by atoms with E-state index in [-0.39, 0.29) is 6.61 Å². The number of methoxy groups -OCH3 is 1. The summed E-state index contributed by atoms with van der Waals surface area (Å²) in [6.07, 6.45) is 2.15. The first-order valence-electron chi connectivity index (χ1n) is 6.26. The Morgan fingerprint density at radius 3 is 2.35 bits per heavy atom. The zero-order chi connectivity index (χ0) is 12.5. The number of hydrogen-bond acceptors (Lipinski definition) is 3. The molecule has 0 unspecified atom stereocenters. The second kappa shape index (κ2) is 8.09. The van der Waals surface area contributed by atoms with Crippen molar-refractivity contribution in [3.63, 3.8) is 0 Å². The highest BCUT2D eigenvalue weighted by Gasteiger charge is 2.03. The van der Waals surface area contributed by atoms with Gasteiger partial charge in [0.25, 0.3) is 0 Å². The van der Waals surface area contributed by atoms with Gasteiger partial charge in [-0.1, -0.05) is 19.1 Å². The summed E-state index contributed by atoms with van der Waals surface area (Å²) < 4.78 is 5.13. The van der Waals surface area contributed by atoms with Crippen LogP contribution in [-0.4, -0.2) is 43.4 Å². The summed E-state index contributed by atoms with van der Waals surface area (Å²) in [7, 11) is 1.68. The van der Waals surface area contributed by atoms with Crippen molar-refractivity contribution in [3.05, 3.63) is 29.8 Å². The largest absolute Gasteiger partial charge is 0.497 e. The van der Waals surface area contributed by atoms with Crippen LogP contribution in [0.5, 0.6) is 5.75 Å². The second-order valence-corrected chi connectivity index (χ2v) is 4.16. The molecule has 0 heterocycles. The predicted octanol–water partition coefficient (Wildman–Crippen LogP) is 1.94. The molecular formula is C14H23NO2. The molecule has 96 valence electrons. The summed E-state index contributed by atoms with van der Waals surface area (Å²) in [4.78, 5) is 2.30. The van der Waals surface area contributed by atoms with Crippen molar-refractivity contribution in [2.24, 2.45) is 0 Å². The Kier molecular flexibility index (Phi) is 6.67. The molecule has 0 bridgehead atoms. The van der Waals surface area contributed by atoms with Crippen LogP contribution in [0.3, 0.4) is 0 Å². The molecule has 0 fully saturated rings. The lowest BCUT2D eigenvalue weighted by Gasteiger charge is -2.20. The molecule has 0 aliphatic heterocycles. The van der Waals surface area contributed by atoms with Crippen LogP contribution in [0.15, 0.2) is 24.3 Å². The topological polar surface area (TPSA) is 32.7 Å². The van der Waals surface area contributed by atoms with E-state index >= 15 is 0 Å². The summed E-state index contributed by atoms with van der Waals surface area (Å²) in [5, 5.41) is 8.97. The molecular weight excluding hydrogens is 214 g/mol. The van der Waals surface area contributed by atoms with Gasteiger partial charge in [0, 0.05) is 13.1 Å². The fraction of sp³-hybridized carbons (Fsp3) is 0.571. The monoisotopic (exact) mass is 237 g/mol. The van der Waals surface area contributed by atoms with Crippen molar-refractivity contribution in [3.8, 4) is 5.75 Å². The van der Waals surface area contributed by atoms with Gasteiger partial charge in [-0.3, -0.25) is 0 Å². The molecule has 1 aromatic rings. The van der Waals surface area contributed by atoms with Gasteiger partial charge in [-0.25, -0.2) is 0 Å². The molecule has 0 radical (unpaired) electrons. The molecule has 0 aliphatic rings. The number of benzene rings is 1. The van der Waals surface area contributed by atoms with Crippen LogP contribution in [0.4, 0.5) is 0 Å². The van der Waals surface area contributed by atoms with Gasteiger partial charge in [0.1, 0.15) is 5.75 Å². The molecule has 3 nitrogen and oxygen atoms in total. The molecule has 0 atom stereocenters. The average Bonchev–Trinajstić information content (AvgIpc) is 2.37. The standard InChI is InChI=1S/C14H23NO2/c1-3-9-15(11-12-16)10-8-13-4-6-14(17-2)7-5-13/h4-7,16H,3,8-12H2,1-2H3. The number of ether oxygens (including phenoxy) is 1. The molecule has 1 rings (SSSR count). The molecule has 3 heteroatoms. The first-order chi connectivity index (χ1) is 8.30. The lowest BCUT2D eigenvalue weighted by Crippen LogP contribution is -2.29. The molecule has 0 saturated heterocycles. The Bertz CT molecular complexity index is 292. The van der Waals surface area contributed by atoms with Gasteiger partial charge in [-0.15, -0.1) is 0 Å². The second-order valence-electron chi connectivity index (χ2n) is 4.16. The zero-order valence-corrected chi connectivity index (χ0v) is 10.9. The van der Waals surface area contributed by atoms with Crippen LogP contribution in [-0.2, 0) is 6.42 Å². The minimum atomic E-state index is 0.239. The molecule has 1 N–H and O–H groups in total. The number of hydrogen-bond donors (Lipinski definition) is 1. The first kappa shape index (κ1) is 14.0. The van der Waals surface area contributed by atoms with Gasteiger partial charge in [0.2, 0.25) is 0 Å². The smallest absolute Gasteiger partial charge is 0.118 e. The van der Waals surface area contributed by atoms with Crippen LogP contribution in [0, 0.1) is 0 Å². The van der Waals surface area contributed by atoms with Crippen LogP contribution < -0.4 is 4.74 Å². The maximum Gasteiger partial charge on any atom is 0.118 e. The number of nitrogens with zero attached hydrogens (tertiary/aromatic N) is 1. The molecule has 1 aromatic carbocycles. The third kappa shape index (κ3) is 5.20. The van der Waals surface area contributed by atoms with Crippen LogP contribution in [0.25, 0.3) is 0 Å². The highest BCUT2D eigenvalue weighted by atomic mass is 16.5. The van der Waals surface area contributed by atoms with Gasteiger partial charge >= 0.3 is 0 Å². The SMILES string of the molecule is CCCN(CCO)CCc1ccc(OC)cc1. The molecule has 0 aliphatic carbocycles. The van der Waals surface area contributed by atoms with Crippen molar-refractivity contribution < 1.29 is 9.84 Å². The summed E-state index contributed by atoms with van der Waals surface area (Å²) in [5.74, 6) is 0.898. The van der Waals surface area contributed by atoms with Gasteiger partial charge in [-0.05, 0) is 37.1 Å². The lowest BCUT2D eigenvalue weighted by molar-refractivity contribution is 0.197. The van der Waals surface area contributed by atoms with Crippen LogP contribution in [0.1, 0.15) is 18.9 Å². The maximum absolute atomic E-state index is 8.97. The Morgan fingerprint density at radius 2 is 1.82 bits per heavy atom.